The lowest BCUT2D eigenvalue weighted by Gasteiger charge is -1.96. The third-order valence-corrected chi connectivity index (χ3v) is 2.35. The van der Waals surface area contributed by atoms with Gasteiger partial charge in [-0.1, -0.05) is 0 Å². The van der Waals surface area contributed by atoms with Crippen molar-refractivity contribution >= 4 is 26.9 Å². The summed E-state index contributed by atoms with van der Waals surface area (Å²) in [6, 6.07) is 3.15. The van der Waals surface area contributed by atoms with Gasteiger partial charge in [0.05, 0.1) is 4.47 Å². The van der Waals surface area contributed by atoms with Gasteiger partial charge < -0.3 is 4.42 Å². The Balaban J connectivity index is 2.92. The number of halogens is 3. The van der Waals surface area contributed by atoms with Crippen molar-refractivity contribution in [3.63, 3.8) is 0 Å². The summed E-state index contributed by atoms with van der Waals surface area (Å²) in [5.74, 6) is -1.30. The maximum absolute atomic E-state index is 13.2. The Kier molecular flexibility index (Phi) is 1.87. The Morgan fingerprint density at radius 1 is 1.23 bits per heavy atom. The van der Waals surface area contributed by atoms with Crippen molar-refractivity contribution in [1.29, 1.82) is 0 Å². The summed E-state index contributed by atoms with van der Waals surface area (Å²) in [4.78, 5) is 0. The zero-order chi connectivity index (χ0) is 9.59. The highest BCUT2D eigenvalue weighted by Gasteiger charge is 2.14. The molecule has 1 nitrogen and oxygen atoms in total. The molecule has 0 bridgehead atoms. The lowest BCUT2D eigenvalue weighted by Crippen LogP contribution is -1.85. The Bertz CT molecular complexity index is 476. The fourth-order valence-corrected chi connectivity index (χ4v) is 1.64. The van der Waals surface area contributed by atoms with Crippen LogP contribution in [0.25, 0.3) is 11.0 Å². The molecule has 0 unspecified atom stereocenters. The molecule has 0 fully saturated rings. The summed E-state index contributed by atoms with van der Waals surface area (Å²) in [6.45, 7) is 1.69. The van der Waals surface area contributed by atoms with E-state index in [-0.39, 0.29) is 10.1 Å². The topological polar surface area (TPSA) is 13.1 Å². The highest BCUT2D eigenvalue weighted by Crippen LogP contribution is 2.29. The molecule has 0 spiro atoms. The molecular weight excluding hydrogens is 242 g/mol. The van der Waals surface area contributed by atoms with Crippen molar-refractivity contribution in [2.45, 2.75) is 6.92 Å². The molecule has 68 valence electrons. The van der Waals surface area contributed by atoms with Crippen LogP contribution in [0, 0.1) is 18.6 Å². The number of aryl methyl sites for hydroxylation is 1. The van der Waals surface area contributed by atoms with E-state index >= 15 is 0 Å². The van der Waals surface area contributed by atoms with Gasteiger partial charge in [0.25, 0.3) is 0 Å². The van der Waals surface area contributed by atoms with Gasteiger partial charge in [0.2, 0.25) is 5.82 Å². The molecule has 1 aromatic carbocycles. The van der Waals surface area contributed by atoms with Crippen LogP contribution in [0.1, 0.15) is 5.76 Å². The van der Waals surface area contributed by atoms with Gasteiger partial charge in [-0.2, -0.15) is 4.39 Å². The van der Waals surface area contributed by atoms with Gasteiger partial charge >= 0.3 is 0 Å². The number of benzene rings is 1. The zero-order valence-electron chi connectivity index (χ0n) is 6.70. The van der Waals surface area contributed by atoms with Gasteiger partial charge in [-0.25, -0.2) is 4.39 Å². The first kappa shape index (κ1) is 8.69. The van der Waals surface area contributed by atoms with E-state index in [0.29, 0.717) is 11.1 Å². The third kappa shape index (κ3) is 1.25. The van der Waals surface area contributed by atoms with Gasteiger partial charge in [0.1, 0.15) is 5.76 Å². The maximum Gasteiger partial charge on any atom is 0.203 e. The second-order valence-electron chi connectivity index (χ2n) is 2.76. The molecule has 2 aromatic rings. The van der Waals surface area contributed by atoms with Crippen molar-refractivity contribution in [3.8, 4) is 0 Å². The van der Waals surface area contributed by atoms with E-state index in [1.54, 1.807) is 13.0 Å². The number of furan rings is 1. The number of rotatable bonds is 0. The summed E-state index contributed by atoms with van der Waals surface area (Å²) < 4.78 is 31.3. The van der Waals surface area contributed by atoms with E-state index in [9.17, 15) is 8.78 Å². The smallest absolute Gasteiger partial charge is 0.203 e. The van der Waals surface area contributed by atoms with Gasteiger partial charge in [0.15, 0.2) is 11.4 Å². The largest absolute Gasteiger partial charge is 0.458 e. The van der Waals surface area contributed by atoms with Crippen LogP contribution in [0.3, 0.4) is 0 Å². The van der Waals surface area contributed by atoms with Gasteiger partial charge in [0, 0.05) is 5.39 Å². The van der Waals surface area contributed by atoms with E-state index in [0.717, 1.165) is 0 Å². The Morgan fingerprint density at radius 3 is 2.62 bits per heavy atom. The molecule has 4 heteroatoms. The third-order valence-electron chi connectivity index (χ3n) is 1.77. The molecule has 0 N–H and O–H groups in total. The van der Waals surface area contributed by atoms with Crippen molar-refractivity contribution in [3.05, 3.63) is 34.0 Å². The molecule has 1 heterocycles. The molecule has 2 rings (SSSR count). The van der Waals surface area contributed by atoms with Crippen LogP contribution in [0.2, 0.25) is 0 Å². The monoisotopic (exact) mass is 246 g/mol. The highest BCUT2D eigenvalue weighted by atomic mass is 79.9. The molecule has 0 atom stereocenters. The lowest BCUT2D eigenvalue weighted by molar-refractivity contribution is 0.482. The minimum atomic E-state index is -0.947. The summed E-state index contributed by atoms with van der Waals surface area (Å²) in [7, 11) is 0. The molecule has 1 aromatic heterocycles. The Morgan fingerprint density at radius 2 is 1.92 bits per heavy atom. The van der Waals surface area contributed by atoms with E-state index in [4.69, 9.17) is 4.42 Å². The highest BCUT2D eigenvalue weighted by molar-refractivity contribution is 9.10. The minimum Gasteiger partial charge on any atom is -0.458 e. The SMILES string of the molecule is Cc1cc2cc(Br)c(F)c(F)c2o1. The molecule has 0 radical (unpaired) electrons. The summed E-state index contributed by atoms with van der Waals surface area (Å²) >= 11 is 2.92. The molecule has 0 amide bonds. The van der Waals surface area contributed by atoms with Crippen LogP contribution >= 0.6 is 15.9 Å². The fraction of sp³-hybridized carbons (Fsp3) is 0.111. The first-order valence-electron chi connectivity index (χ1n) is 3.63. The molecule has 0 aliphatic carbocycles. The van der Waals surface area contributed by atoms with Crippen LogP contribution in [-0.4, -0.2) is 0 Å². The average molecular weight is 247 g/mol. The summed E-state index contributed by atoms with van der Waals surface area (Å²) in [5.41, 5.74) is -0.0294. The fourth-order valence-electron chi connectivity index (χ4n) is 1.22. The van der Waals surface area contributed by atoms with Crippen LogP contribution in [-0.2, 0) is 0 Å². The van der Waals surface area contributed by atoms with Crippen LogP contribution in [0.4, 0.5) is 8.78 Å². The van der Waals surface area contributed by atoms with Crippen molar-refractivity contribution in [2.75, 3.05) is 0 Å². The first-order chi connectivity index (χ1) is 6.09. The quantitative estimate of drug-likeness (QED) is 0.645. The second-order valence-corrected chi connectivity index (χ2v) is 3.62. The number of hydrogen-bond donors (Lipinski definition) is 0. The van der Waals surface area contributed by atoms with E-state index in [2.05, 4.69) is 15.9 Å². The van der Waals surface area contributed by atoms with Gasteiger partial charge in [-0.05, 0) is 35.0 Å². The number of hydrogen-bond acceptors (Lipinski definition) is 1. The van der Waals surface area contributed by atoms with Crippen molar-refractivity contribution in [2.24, 2.45) is 0 Å². The van der Waals surface area contributed by atoms with Crippen molar-refractivity contribution in [1.82, 2.24) is 0 Å². The molecule has 13 heavy (non-hydrogen) atoms. The average Bonchev–Trinajstić information content (AvgIpc) is 2.42. The molecule has 0 aliphatic rings. The predicted molar refractivity (Wildman–Crippen MR) is 48.6 cm³/mol. The molecule has 0 saturated heterocycles. The van der Waals surface area contributed by atoms with Crippen LogP contribution < -0.4 is 0 Å². The standard InChI is InChI=1S/C9H5BrF2O/c1-4-2-5-3-6(10)7(11)8(12)9(5)13-4/h2-3H,1H3. The summed E-state index contributed by atoms with van der Waals surface area (Å²) in [5, 5.41) is 0.559. The lowest BCUT2D eigenvalue weighted by atomic mass is 10.2. The summed E-state index contributed by atoms with van der Waals surface area (Å²) in [6.07, 6.45) is 0. The first-order valence-corrected chi connectivity index (χ1v) is 4.42. The van der Waals surface area contributed by atoms with E-state index in [1.807, 2.05) is 0 Å². The molecular formula is C9H5BrF2O. The van der Waals surface area contributed by atoms with E-state index < -0.39 is 11.6 Å². The maximum atomic E-state index is 13.2. The van der Waals surface area contributed by atoms with E-state index in [1.165, 1.54) is 6.07 Å². The second kappa shape index (κ2) is 2.80. The van der Waals surface area contributed by atoms with Crippen molar-refractivity contribution < 1.29 is 13.2 Å². The Labute approximate surface area is 81.5 Å². The molecule has 0 aliphatic heterocycles. The normalized spacial score (nSPS) is 11.1. The minimum absolute atomic E-state index is 0.0294. The Hall–Kier alpha value is -0.900. The predicted octanol–water partition coefficient (Wildman–Crippen LogP) is 3.78. The molecule has 0 saturated carbocycles. The zero-order valence-corrected chi connectivity index (χ0v) is 8.28. The van der Waals surface area contributed by atoms with Crippen LogP contribution in [0.15, 0.2) is 21.0 Å². The number of fused-ring (bicyclic) bond motifs is 1. The van der Waals surface area contributed by atoms with Gasteiger partial charge in [-0.3, -0.25) is 0 Å². The van der Waals surface area contributed by atoms with Gasteiger partial charge in [-0.15, -0.1) is 0 Å². The van der Waals surface area contributed by atoms with Crippen LogP contribution in [0.5, 0.6) is 0 Å².